The molecule has 130 valence electrons. The van der Waals surface area contributed by atoms with Gasteiger partial charge in [0.15, 0.2) is 16.3 Å². The van der Waals surface area contributed by atoms with Gasteiger partial charge in [0, 0.05) is 14.1 Å². The van der Waals surface area contributed by atoms with Crippen LogP contribution in [0.2, 0.25) is 0 Å². The Morgan fingerprint density at radius 3 is 2.44 bits per heavy atom. The molecule has 0 saturated heterocycles. The molecule has 0 aliphatic rings. The minimum atomic E-state index is -0.414. The second-order valence-corrected chi connectivity index (χ2v) is 6.78. The van der Waals surface area contributed by atoms with Gasteiger partial charge in [0.25, 0.3) is 5.56 Å². The van der Waals surface area contributed by atoms with E-state index in [-0.39, 0.29) is 23.6 Å². The number of rotatable bonds is 5. The van der Waals surface area contributed by atoms with Crippen molar-refractivity contribution in [3.05, 3.63) is 56.7 Å². The molecular formula is C17H18N4O3S. The van der Waals surface area contributed by atoms with Gasteiger partial charge in [0.05, 0.1) is 12.3 Å². The first-order valence-electron chi connectivity index (χ1n) is 7.72. The normalized spacial score (nSPS) is 11.2. The first-order valence-corrected chi connectivity index (χ1v) is 8.71. The molecule has 0 spiro atoms. The van der Waals surface area contributed by atoms with Gasteiger partial charge in [-0.25, -0.2) is 9.78 Å². The van der Waals surface area contributed by atoms with Crippen molar-refractivity contribution in [3.8, 4) is 0 Å². The fourth-order valence-corrected chi connectivity index (χ4v) is 3.39. The van der Waals surface area contributed by atoms with Crippen molar-refractivity contribution in [1.82, 2.24) is 18.7 Å². The minimum absolute atomic E-state index is 0.0208. The first kappa shape index (κ1) is 17.2. The Hall–Kier alpha value is -2.61. The number of ketones is 1. The molecule has 0 unspecified atom stereocenters. The van der Waals surface area contributed by atoms with E-state index < -0.39 is 5.69 Å². The molecule has 25 heavy (non-hydrogen) atoms. The van der Waals surface area contributed by atoms with Crippen molar-refractivity contribution in [1.29, 1.82) is 0 Å². The largest absolute Gasteiger partial charge is 0.332 e. The number of imidazole rings is 1. The third kappa shape index (κ3) is 3.17. The lowest BCUT2D eigenvalue weighted by Gasteiger charge is -2.08. The molecule has 8 heteroatoms. The molecule has 3 aromatic rings. The third-order valence-corrected chi connectivity index (χ3v) is 5.08. The molecule has 7 nitrogen and oxygen atoms in total. The second-order valence-electron chi connectivity index (χ2n) is 5.83. The van der Waals surface area contributed by atoms with E-state index in [1.807, 2.05) is 30.3 Å². The summed E-state index contributed by atoms with van der Waals surface area (Å²) < 4.78 is 4.22. The summed E-state index contributed by atoms with van der Waals surface area (Å²) in [5.74, 6) is 0.288. The highest BCUT2D eigenvalue weighted by molar-refractivity contribution is 7.99. The zero-order valence-electron chi connectivity index (χ0n) is 14.2. The van der Waals surface area contributed by atoms with E-state index >= 15 is 0 Å². The minimum Gasteiger partial charge on any atom is -0.316 e. The van der Waals surface area contributed by atoms with Crippen LogP contribution in [0, 0.1) is 0 Å². The number of nitrogens with zero attached hydrogens (tertiary/aromatic N) is 4. The van der Waals surface area contributed by atoms with Gasteiger partial charge in [-0.1, -0.05) is 42.1 Å². The molecule has 0 fully saturated rings. The Morgan fingerprint density at radius 2 is 1.80 bits per heavy atom. The van der Waals surface area contributed by atoms with Gasteiger partial charge in [0.1, 0.15) is 5.78 Å². The fraction of sp³-hybridized carbons (Fsp3) is 0.294. The lowest BCUT2D eigenvalue weighted by atomic mass is 10.2. The zero-order valence-corrected chi connectivity index (χ0v) is 15.0. The van der Waals surface area contributed by atoms with Crippen LogP contribution < -0.4 is 11.2 Å². The van der Waals surface area contributed by atoms with E-state index in [1.165, 1.54) is 27.8 Å². The molecule has 0 bridgehead atoms. The number of hydrogen-bond donors (Lipinski definition) is 0. The molecule has 2 aromatic heterocycles. The van der Waals surface area contributed by atoms with Crippen LogP contribution in [0.3, 0.4) is 0 Å². The molecule has 0 N–H and O–H groups in total. The monoisotopic (exact) mass is 358 g/mol. The zero-order chi connectivity index (χ0) is 18.1. The van der Waals surface area contributed by atoms with Crippen LogP contribution in [0.25, 0.3) is 11.2 Å². The number of carbonyl (C=O) groups excluding carboxylic acids is 1. The van der Waals surface area contributed by atoms with Crippen molar-refractivity contribution < 1.29 is 4.79 Å². The Labute approximate surface area is 147 Å². The van der Waals surface area contributed by atoms with Gasteiger partial charge >= 0.3 is 5.69 Å². The Bertz CT molecular complexity index is 1060. The summed E-state index contributed by atoms with van der Waals surface area (Å²) >= 11 is 1.25. The molecule has 0 amide bonds. The van der Waals surface area contributed by atoms with Crippen LogP contribution in [-0.2, 0) is 25.4 Å². The summed E-state index contributed by atoms with van der Waals surface area (Å²) in [6.45, 7) is 1.70. The molecule has 1 aromatic carbocycles. The maximum absolute atomic E-state index is 12.9. The maximum atomic E-state index is 12.9. The predicted octanol–water partition coefficient (Wildman–Crippen LogP) is 1.16. The average Bonchev–Trinajstić information content (AvgIpc) is 2.93. The van der Waals surface area contributed by atoms with Crippen molar-refractivity contribution in [2.24, 2.45) is 14.1 Å². The molecule has 0 aliphatic heterocycles. The Balaban J connectivity index is 2.17. The summed E-state index contributed by atoms with van der Waals surface area (Å²) in [6, 6.07) is 9.35. The standard InChI is InChI=1S/C17H18N4O3S/c1-11(22)10-25-16-18-14-13(19(16)2)15(23)21(17(24)20(14)3)9-12-7-5-4-6-8-12/h4-8H,9-10H2,1-3H3. The summed E-state index contributed by atoms with van der Waals surface area (Å²) in [6.07, 6.45) is 0. The lowest BCUT2D eigenvalue weighted by molar-refractivity contribution is -0.114. The van der Waals surface area contributed by atoms with Crippen molar-refractivity contribution in [2.75, 3.05) is 5.75 Å². The smallest absolute Gasteiger partial charge is 0.316 e. The van der Waals surface area contributed by atoms with Crippen LogP contribution in [0.4, 0.5) is 0 Å². The molecule has 3 rings (SSSR count). The highest BCUT2D eigenvalue weighted by Gasteiger charge is 2.19. The second kappa shape index (κ2) is 6.72. The van der Waals surface area contributed by atoms with Crippen LogP contribution >= 0.6 is 11.8 Å². The summed E-state index contributed by atoms with van der Waals surface area (Å²) in [7, 11) is 3.31. The van der Waals surface area contributed by atoms with E-state index in [0.29, 0.717) is 16.3 Å². The number of fused-ring (bicyclic) bond motifs is 1. The number of benzene rings is 1. The number of aromatic nitrogens is 4. The molecule has 0 saturated carbocycles. The third-order valence-electron chi connectivity index (χ3n) is 3.91. The number of hydrogen-bond acceptors (Lipinski definition) is 5. The van der Waals surface area contributed by atoms with Crippen LogP contribution in [0.5, 0.6) is 0 Å². The highest BCUT2D eigenvalue weighted by atomic mass is 32.2. The number of Topliss-reactive ketones (excluding diaryl/α,β-unsaturated/α-hetero) is 1. The van der Waals surface area contributed by atoms with Gasteiger partial charge in [0.2, 0.25) is 0 Å². The van der Waals surface area contributed by atoms with Crippen molar-refractivity contribution >= 4 is 28.7 Å². The summed E-state index contributed by atoms with van der Waals surface area (Å²) in [5.41, 5.74) is 0.751. The van der Waals surface area contributed by atoms with Gasteiger partial charge in [-0.05, 0) is 12.5 Å². The number of thioether (sulfide) groups is 1. The van der Waals surface area contributed by atoms with Crippen LogP contribution in [-0.4, -0.2) is 30.2 Å². The molecule has 0 aliphatic carbocycles. The van der Waals surface area contributed by atoms with E-state index in [9.17, 15) is 14.4 Å². The summed E-state index contributed by atoms with van der Waals surface area (Å²) in [5, 5.41) is 0.537. The van der Waals surface area contributed by atoms with E-state index in [2.05, 4.69) is 4.98 Å². The molecular weight excluding hydrogens is 340 g/mol. The van der Waals surface area contributed by atoms with Gasteiger partial charge in [-0.15, -0.1) is 0 Å². The number of aryl methyl sites for hydroxylation is 2. The van der Waals surface area contributed by atoms with Crippen LogP contribution in [0.1, 0.15) is 12.5 Å². The van der Waals surface area contributed by atoms with E-state index in [4.69, 9.17) is 0 Å². The van der Waals surface area contributed by atoms with E-state index in [0.717, 1.165) is 5.56 Å². The van der Waals surface area contributed by atoms with Gasteiger partial charge < -0.3 is 4.57 Å². The highest BCUT2D eigenvalue weighted by Crippen LogP contribution is 2.20. The predicted molar refractivity (Wildman–Crippen MR) is 97.2 cm³/mol. The molecule has 0 radical (unpaired) electrons. The quantitative estimate of drug-likeness (QED) is 0.640. The number of carbonyl (C=O) groups is 1. The first-order chi connectivity index (χ1) is 11.9. The van der Waals surface area contributed by atoms with E-state index in [1.54, 1.807) is 18.7 Å². The lowest BCUT2D eigenvalue weighted by Crippen LogP contribution is -2.39. The average molecular weight is 358 g/mol. The fourth-order valence-electron chi connectivity index (χ4n) is 2.62. The maximum Gasteiger partial charge on any atom is 0.332 e. The van der Waals surface area contributed by atoms with Crippen molar-refractivity contribution in [3.63, 3.8) is 0 Å². The Kier molecular flexibility index (Phi) is 4.63. The summed E-state index contributed by atoms with van der Waals surface area (Å²) in [4.78, 5) is 41.1. The van der Waals surface area contributed by atoms with Gasteiger partial charge in [-0.3, -0.25) is 18.7 Å². The van der Waals surface area contributed by atoms with Gasteiger partial charge in [-0.2, -0.15) is 0 Å². The van der Waals surface area contributed by atoms with Crippen molar-refractivity contribution in [2.45, 2.75) is 18.6 Å². The molecule has 0 atom stereocenters. The molecule has 2 heterocycles. The SMILES string of the molecule is CC(=O)CSc1nc2c(c(=O)n(Cc3ccccc3)c(=O)n2C)n1C. The van der Waals surface area contributed by atoms with Crippen LogP contribution in [0.15, 0.2) is 45.1 Å². The topological polar surface area (TPSA) is 78.9 Å². The Morgan fingerprint density at radius 1 is 1.12 bits per heavy atom.